The number of halogens is 4. The Balaban J connectivity index is 1.40. The number of aliphatic hydroxyl groups is 1. The van der Waals surface area contributed by atoms with Gasteiger partial charge >= 0.3 is 0 Å². The van der Waals surface area contributed by atoms with Crippen molar-refractivity contribution in [1.29, 1.82) is 0 Å². The van der Waals surface area contributed by atoms with E-state index in [1.54, 1.807) is 31.2 Å². The second kappa shape index (κ2) is 11.8. The molecule has 2 aliphatic carbocycles. The Kier molecular flexibility index (Phi) is 8.76. The summed E-state index contributed by atoms with van der Waals surface area (Å²) in [5.74, 6) is -3.62. The van der Waals surface area contributed by atoms with E-state index in [-0.39, 0.29) is 42.1 Å². The summed E-state index contributed by atoms with van der Waals surface area (Å²) >= 11 is 0. The monoisotopic (exact) mass is 504 g/mol. The highest BCUT2D eigenvalue weighted by Gasteiger charge is 2.32. The first-order chi connectivity index (χ1) is 17.3. The topological polar surface area (TPSA) is 29.5 Å². The molecule has 4 rings (SSSR count). The van der Waals surface area contributed by atoms with E-state index >= 15 is 8.78 Å². The molecule has 2 nitrogen and oxygen atoms in total. The van der Waals surface area contributed by atoms with Crippen LogP contribution < -0.4 is 4.74 Å². The molecule has 0 spiro atoms. The van der Waals surface area contributed by atoms with Crippen LogP contribution in [0, 0.1) is 29.2 Å². The van der Waals surface area contributed by atoms with E-state index in [9.17, 15) is 13.9 Å². The summed E-state index contributed by atoms with van der Waals surface area (Å²) in [5.41, 5.74) is 1.13. The third kappa shape index (κ3) is 5.64. The number of aliphatic hydroxyl groups excluding tert-OH is 1. The molecule has 0 bridgehead atoms. The summed E-state index contributed by atoms with van der Waals surface area (Å²) in [6.45, 7) is 5.60. The number of hydrogen-bond donors (Lipinski definition) is 1. The van der Waals surface area contributed by atoms with E-state index in [1.165, 1.54) is 6.07 Å². The maximum absolute atomic E-state index is 15.2. The first-order valence-corrected chi connectivity index (χ1v) is 13.2. The zero-order valence-corrected chi connectivity index (χ0v) is 20.9. The fourth-order valence-corrected chi connectivity index (χ4v) is 6.06. The van der Waals surface area contributed by atoms with Crippen molar-refractivity contribution < 1.29 is 27.4 Å². The van der Waals surface area contributed by atoms with E-state index in [1.807, 2.05) is 0 Å². The van der Waals surface area contributed by atoms with Crippen LogP contribution in [0.1, 0.15) is 99.2 Å². The summed E-state index contributed by atoms with van der Waals surface area (Å²) in [4.78, 5) is 0. The van der Waals surface area contributed by atoms with Gasteiger partial charge in [-0.25, -0.2) is 13.2 Å². The normalized spacial score (nSPS) is 25.4. The fraction of sp³-hybridized carbons (Fsp3) is 0.533. The molecule has 1 unspecified atom stereocenters. The first-order valence-electron chi connectivity index (χ1n) is 13.2. The lowest BCUT2D eigenvalue weighted by Gasteiger charge is -2.32. The molecule has 2 aromatic rings. The fourth-order valence-electron chi connectivity index (χ4n) is 6.06. The maximum Gasteiger partial charge on any atom is 0.200 e. The minimum Gasteiger partial charge on any atom is -0.490 e. The molecular formula is C30H36F4O2. The molecule has 1 atom stereocenters. The molecule has 2 aromatic carbocycles. The van der Waals surface area contributed by atoms with Crippen LogP contribution in [-0.2, 0) is 0 Å². The average molecular weight is 505 g/mol. The summed E-state index contributed by atoms with van der Waals surface area (Å²) in [5, 5.41) is 9.80. The zero-order valence-electron chi connectivity index (χ0n) is 20.9. The van der Waals surface area contributed by atoms with Crippen LogP contribution in [0.4, 0.5) is 17.6 Å². The molecule has 2 saturated carbocycles. The molecule has 0 radical (unpaired) electrons. The molecule has 0 heterocycles. The molecule has 0 amide bonds. The lowest BCUT2D eigenvalue weighted by molar-refractivity contribution is 0.0963. The van der Waals surface area contributed by atoms with Gasteiger partial charge in [-0.05, 0) is 111 Å². The van der Waals surface area contributed by atoms with Crippen molar-refractivity contribution in [3.63, 3.8) is 0 Å². The van der Waals surface area contributed by atoms with Gasteiger partial charge in [0.05, 0.1) is 12.7 Å². The molecule has 0 aliphatic heterocycles. The van der Waals surface area contributed by atoms with Gasteiger partial charge in [-0.3, -0.25) is 0 Å². The van der Waals surface area contributed by atoms with Crippen LogP contribution in [0.2, 0.25) is 0 Å². The van der Waals surface area contributed by atoms with Crippen LogP contribution in [0.15, 0.2) is 36.9 Å². The van der Waals surface area contributed by atoms with Crippen molar-refractivity contribution >= 4 is 0 Å². The van der Waals surface area contributed by atoms with Crippen molar-refractivity contribution in [2.24, 2.45) is 5.92 Å². The molecule has 2 aliphatic rings. The standard InChI is InChI=1S/C30H36F4O2/c1-3-4-17-36-26-16-15-25(29(33)30(26)34)22-11-9-21(10-12-22)24-14-13-23(27(31)28(24)32)20-7-5-19(6-8-20)18(2)35/h3,13-16,18-22,35H,1,4-12,17H2,2H3. The number of rotatable bonds is 8. The maximum atomic E-state index is 15.2. The van der Waals surface area contributed by atoms with Gasteiger partial charge in [0.15, 0.2) is 23.2 Å². The lowest BCUT2D eigenvalue weighted by Crippen LogP contribution is -2.23. The van der Waals surface area contributed by atoms with Crippen LogP contribution >= 0.6 is 0 Å². The Labute approximate surface area is 211 Å². The Morgan fingerprint density at radius 2 is 1.19 bits per heavy atom. The third-order valence-electron chi connectivity index (χ3n) is 8.30. The van der Waals surface area contributed by atoms with Crippen molar-refractivity contribution in [2.45, 2.75) is 88.6 Å². The van der Waals surface area contributed by atoms with Gasteiger partial charge in [-0.2, -0.15) is 4.39 Å². The second-order valence-corrected chi connectivity index (χ2v) is 10.5. The summed E-state index contributed by atoms with van der Waals surface area (Å²) in [6, 6.07) is 6.49. The lowest BCUT2D eigenvalue weighted by atomic mass is 9.74. The Morgan fingerprint density at radius 1 is 0.778 bits per heavy atom. The van der Waals surface area contributed by atoms with E-state index in [2.05, 4.69) is 6.58 Å². The van der Waals surface area contributed by atoms with Gasteiger partial charge in [0.25, 0.3) is 0 Å². The van der Waals surface area contributed by atoms with Crippen molar-refractivity contribution in [2.75, 3.05) is 6.61 Å². The van der Waals surface area contributed by atoms with Crippen molar-refractivity contribution in [1.82, 2.24) is 0 Å². The molecule has 0 aromatic heterocycles. The van der Waals surface area contributed by atoms with Gasteiger partial charge in [-0.15, -0.1) is 6.58 Å². The molecule has 36 heavy (non-hydrogen) atoms. The summed E-state index contributed by atoms with van der Waals surface area (Å²) < 4.78 is 64.9. The minimum atomic E-state index is -0.982. The Bertz CT molecular complexity index is 1050. The Hall–Kier alpha value is -2.34. The van der Waals surface area contributed by atoms with Gasteiger partial charge in [0, 0.05) is 0 Å². The van der Waals surface area contributed by atoms with Crippen LogP contribution in [0.3, 0.4) is 0 Å². The predicted octanol–water partition coefficient (Wildman–Crippen LogP) is 8.29. The highest BCUT2D eigenvalue weighted by Crippen LogP contribution is 2.44. The number of benzene rings is 2. The zero-order chi connectivity index (χ0) is 25.8. The SMILES string of the molecule is C=CCCOc1ccc(C2CCC(c3ccc(C4CCC(C(C)O)CC4)c(F)c3F)CC2)c(F)c1F. The molecular weight excluding hydrogens is 468 g/mol. The summed E-state index contributed by atoms with van der Waals surface area (Å²) in [6.07, 6.45) is 7.24. The van der Waals surface area contributed by atoms with E-state index in [4.69, 9.17) is 4.74 Å². The second-order valence-electron chi connectivity index (χ2n) is 10.5. The molecule has 1 N–H and O–H groups in total. The van der Waals surface area contributed by atoms with Crippen LogP contribution in [0.5, 0.6) is 5.75 Å². The molecule has 196 valence electrons. The summed E-state index contributed by atoms with van der Waals surface area (Å²) in [7, 11) is 0. The first kappa shape index (κ1) is 26.7. The third-order valence-corrected chi connectivity index (χ3v) is 8.30. The highest BCUT2D eigenvalue weighted by molar-refractivity contribution is 5.35. The number of ether oxygens (including phenoxy) is 1. The van der Waals surface area contributed by atoms with Gasteiger partial charge in [-0.1, -0.05) is 24.3 Å². The minimum absolute atomic E-state index is 0.0270. The predicted molar refractivity (Wildman–Crippen MR) is 133 cm³/mol. The van der Waals surface area contributed by atoms with Crippen molar-refractivity contribution in [3.05, 3.63) is 76.9 Å². The molecule has 0 saturated heterocycles. The number of hydrogen-bond acceptors (Lipinski definition) is 2. The van der Waals surface area contributed by atoms with Gasteiger partial charge in [0.2, 0.25) is 5.82 Å². The quantitative estimate of drug-likeness (QED) is 0.223. The molecule has 6 heteroatoms. The highest BCUT2D eigenvalue weighted by atomic mass is 19.2. The molecule has 2 fully saturated rings. The van der Waals surface area contributed by atoms with Crippen molar-refractivity contribution in [3.8, 4) is 5.75 Å². The average Bonchev–Trinajstić information content (AvgIpc) is 2.89. The van der Waals surface area contributed by atoms with E-state index in [0.29, 0.717) is 48.8 Å². The van der Waals surface area contributed by atoms with Crippen LogP contribution in [0.25, 0.3) is 0 Å². The van der Waals surface area contributed by atoms with Gasteiger partial charge < -0.3 is 9.84 Å². The van der Waals surface area contributed by atoms with Gasteiger partial charge in [0.1, 0.15) is 0 Å². The smallest absolute Gasteiger partial charge is 0.200 e. The van der Waals surface area contributed by atoms with E-state index in [0.717, 1.165) is 25.7 Å². The van der Waals surface area contributed by atoms with Crippen LogP contribution in [-0.4, -0.2) is 17.8 Å². The largest absolute Gasteiger partial charge is 0.490 e. The Morgan fingerprint density at radius 3 is 1.64 bits per heavy atom. The van der Waals surface area contributed by atoms with E-state index < -0.39 is 23.3 Å².